The van der Waals surface area contributed by atoms with Crippen molar-refractivity contribution in [3.05, 3.63) is 41.7 Å². The Kier molecular flexibility index (Phi) is 4.19. The fourth-order valence-electron chi connectivity index (χ4n) is 1.29. The number of thiocarbonyl (C=S) groups is 1. The van der Waals surface area contributed by atoms with Gasteiger partial charge in [-0.2, -0.15) is 0 Å². The Balaban J connectivity index is 2.88. The lowest BCUT2D eigenvalue weighted by Crippen LogP contribution is -2.18. The quantitative estimate of drug-likeness (QED) is 0.480. The lowest BCUT2D eigenvalue weighted by molar-refractivity contribution is -0.113. The predicted molar refractivity (Wildman–Crippen MR) is 68.7 cm³/mol. The minimum absolute atomic E-state index is 0.0686. The fraction of sp³-hybridized carbons (Fsp3) is 0.167. The van der Waals surface area contributed by atoms with E-state index in [1.807, 2.05) is 30.3 Å². The van der Waals surface area contributed by atoms with Gasteiger partial charge >= 0.3 is 0 Å². The molecule has 0 radical (unpaired) electrons. The highest BCUT2D eigenvalue weighted by atomic mass is 32.1. The number of ketones is 1. The molecule has 1 aromatic rings. The van der Waals surface area contributed by atoms with Crippen LogP contribution in [0.4, 0.5) is 5.69 Å². The van der Waals surface area contributed by atoms with Crippen molar-refractivity contribution < 1.29 is 9.90 Å². The van der Waals surface area contributed by atoms with Crippen LogP contribution in [0.25, 0.3) is 0 Å². The minimum atomic E-state index is -0.256. The fourth-order valence-corrected chi connectivity index (χ4v) is 1.70. The number of anilines is 1. The summed E-state index contributed by atoms with van der Waals surface area (Å²) in [7, 11) is 0. The first-order chi connectivity index (χ1) is 7.52. The molecule has 3 nitrogen and oxygen atoms in total. The van der Waals surface area contributed by atoms with E-state index in [2.05, 4.69) is 5.32 Å². The van der Waals surface area contributed by atoms with Gasteiger partial charge in [0, 0.05) is 5.69 Å². The highest BCUT2D eigenvalue weighted by molar-refractivity contribution is 7.81. The van der Waals surface area contributed by atoms with Gasteiger partial charge in [-0.05, 0) is 26.0 Å². The van der Waals surface area contributed by atoms with Gasteiger partial charge in [0.25, 0.3) is 0 Å². The number of carbonyl (C=O) groups excluding carboxylic acids is 1. The number of carbonyl (C=O) groups is 1. The van der Waals surface area contributed by atoms with Gasteiger partial charge in [0.1, 0.15) is 10.7 Å². The van der Waals surface area contributed by atoms with Crippen molar-refractivity contribution in [3.8, 4) is 0 Å². The molecular weight excluding hydrogens is 222 g/mol. The molecule has 0 aliphatic rings. The van der Waals surface area contributed by atoms with Gasteiger partial charge in [0.2, 0.25) is 0 Å². The van der Waals surface area contributed by atoms with Crippen molar-refractivity contribution in [1.29, 1.82) is 0 Å². The van der Waals surface area contributed by atoms with Gasteiger partial charge < -0.3 is 10.4 Å². The summed E-state index contributed by atoms with van der Waals surface area (Å²) in [5.74, 6) is -0.325. The molecule has 0 heterocycles. The number of aliphatic hydroxyl groups excluding tert-OH is 1. The number of benzene rings is 1. The maximum absolute atomic E-state index is 11.3. The average Bonchev–Trinajstić information content (AvgIpc) is 2.17. The molecule has 0 amide bonds. The Morgan fingerprint density at radius 1 is 1.25 bits per heavy atom. The maximum atomic E-state index is 11.3. The van der Waals surface area contributed by atoms with Crippen molar-refractivity contribution >= 4 is 28.7 Å². The summed E-state index contributed by atoms with van der Waals surface area (Å²) in [6, 6.07) is 9.25. The molecule has 0 saturated heterocycles. The Bertz CT molecular complexity index is 434. The number of allylic oxidation sites excluding steroid dienone is 1. The van der Waals surface area contributed by atoms with E-state index in [4.69, 9.17) is 12.2 Å². The van der Waals surface area contributed by atoms with Gasteiger partial charge in [-0.15, -0.1) is 0 Å². The molecule has 0 spiro atoms. The van der Waals surface area contributed by atoms with E-state index in [0.717, 1.165) is 5.69 Å². The third-order valence-corrected chi connectivity index (χ3v) is 2.28. The molecule has 0 aromatic heterocycles. The topological polar surface area (TPSA) is 49.3 Å². The largest absolute Gasteiger partial charge is 0.512 e. The van der Waals surface area contributed by atoms with Crippen LogP contribution in [0.2, 0.25) is 0 Å². The maximum Gasteiger partial charge on any atom is 0.166 e. The van der Waals surface area contributed by atoms with Gasteiger partial charge in [-0.25, -0.2) is 0 Å². The molecule has 16 heavy (non-hydrogen) atoms. The summed E-state index contributed by atoms with van der Waals surface area (Å²) in [6.45, 7) is 2.81. The number of aliphatic hydroxyl groups is 1. The molecule has 1 aromatic carbocycles. The Morgan fingerprint density at radius 3 is 2.25 bits per heavy atom. The first-order valence-corrected chi connectivity index (χ1v) is 5.20. The number of hydrogen-bond acceptors (Lipinski definition) is 3. The van der Waals surface area contributed by atoms with E-state index in [-0.39, 0.29) is 22.1 Å². The predicted octanol–water partition coefficient (Wildman–Crippen LogP) is 2.85. The number of para-hydroxylation sites is 1. The van der Waals surface area contributed by atoms with Crippen molar-refractivity contribution in [1.82, 2.24) is 0 Å². The van der Waals surface area contributed by atoms with Crippen LogP contribution in [0, 0.1) is 0 Å². The highest BCUT2D eigenvalue weighted by Crippen LogP contribution is 2.11. The molecule has 0 unspecified atom stereocenters. The molecule has 4 heteroatoms. The van der Waals surface area contributed by atoms with E-state index in [1.54, 1.807) is 0 Å². The third-order valence-electron chi connectivity index (χ3n) is 1.97. The summed E-state index contributed by atoms with van der Waals surface area (Å²) in [6.07, 6.45) is 0. The van der Waals surface area contributed by atoms with Crippen molar-refractivity contribution in [2.75, 3.05) is 5.32 Å². The van der Waals surface area contributed by atoms with Crippen LogP contribution >= 0.6 is 12.2 Å². The Hall–Kier alpha value is -1.68. The van der Waals surface area contributed by atoms with Gasteiger partial charge in [-0.3, -0.25) is 4.79 Å². The van der Waals surface area contributed by atoms with E-state index >= 15 is 0 Å². The number of hydrogen-bond donors (Lipinski definition) is 2. The van der Waals surface area contributed by atoms with Crippen LogP contribution in [0.15, 0.2) is 41.7 Å². The second-order valence-corrected chi connectivity index (χ2v) is 3.74. The van der Waals surface area contributed by atoms with Crippen LogP contribution in [-0.4, -0.2) is 15.9 Å². The van der Waals surface area contributed by atoms with E-state index < -0.39 is 0 Å². The van der Waals surface area contributed by atoms with Crippen LogP contribution < -0.4 is 5.32 Å². The molecule has 0 saturated carbocycles. The molecule has 0 atom stereocenters. The monoisotopic (exact) mass is 235 g/mol. The first-order valence-electron chi connectivity index (χ1n) is 4.79. The van der Waals surface area contributed by atoms with Crippen molar-refractivity contribution in [2.24, 2.45) is 0 Å². The van der Waals surface area contributed by atoms with Gasteiger partial charge in [-0.1, -0.05) is 30.4 Å². The molecule has 1 rings (SSSR count). The molecule has 0 aliphatic carbocycles. The summed E-state index contributed by atoms with van der Waals surface area (Å²) in [4.78, 5) is 11.5. The lowest BCUT2D eigenvalue weighted by atomic mass is 10.1. The third kappa shape index (κ3) is 3.17. The summed E-state index contributed by atoms with van der Waals surface area (Å²) < 4.78 is 0. The zero-order valence-electron chi connectivity index (χ0n) is 9.15. The lowest BCUT2D eigenvalue weighted by Gasteiger charge is -2.09. The minimum Gasteiger partial charge on any atom is -0.512 e. The average molecular weight is 235 g/mol. The van der Waals surface area contributed by atoms with Crippen molar-refractivity contribution in [3.63, 3.8) is 0 Å². The molecular formula is C12H13NO2S. The van der Waals surface area contributed by atoms with Crippen LogP contribution in [-0.2, 0) is 4.79 Å². The second-order valence-electron chi connectivity index (χ2n) is 3.34. The summed E-state index contributed by atoms with van der Waals surface area (Å²) in [5.41, 5.74) is 0.936. The second kappa shape index (κ2) is 5.42. The zero-order chi connectivity index (χ0) is 12.1. The van der Waals surface area contributed by atoms with E-state index in [0.29, 0.717) is 0 Å². The van der Waals surface area contributed by atoms with Crippen molar-refractivity contribution in [2.45, 2.75) is 13.8 Å². The molecule has 2 N–H and O–H groups in total. The number of nitrogens with one attached hydrogen (secondary N) is 1. The molecule has 0 bridgehead atoms. The van der Waals surface area contributed by atoms with Crippen LogP contribution in [0.5, 0.6) is 0 Å². The summed E-state index contributed by atoms with van der Waals surface area (Å²) in [5, 5.41) is 12.3. The number of rotatable bonds is 3. The molecule has 84 valence electrons. The molecule has 0 fully saturated rings. The van der Waals surface area contributed by atoms with E-state index in [1.165, 1.54) is 13.8 Å². The van der Waals surface area contributed by atoms with Gasteiger partial charge in [0.15, 0.2) is 5.78 Å². The SMILES string of the molecule is CC(=O)/C(C(=S)Nc1ccccc1)=C(/C)O. The van der Waals surface area contributed by atoms with Gasteiger partial charge in [0.05, 0.1) is 5.57 Å². The zero-order valence-corrected chi connectivity index (χ0v) is 9.97. The smallest absolute Gasteiger partial charge is 0.166 e. The number of Topliss-reactive ketones (excluding diaryl/α,β-unsaturated/α-hetero) is 1. The van der Waals surface area contributed by atoms with Crippen LogP contribution in [0.1, 0.15) is 13.8 Å². The normalized spacial score (nSPS) is 11.6. The standard InChI is InChI=1S/C12H13NO2S/c1-8(14)11(9(2)15)12(16)13-10-6-4-3-5-7-10/h3-7,14H,1-2H3,(H,13,16)/b11-8+. The Morgan fingerprint density at radius 2 is 1.81 bits per heavy atom. The first kappa shape index (κ1) is 12.4. The van der Waals surface area contributed by atoms with E-state index in [9.17, 15) is 9.90 Å². The Labute approximate surface area is 99.8 Å². The van der Waals surface area contributed by atoms with Crippen LogP contribution in [0.3, 0.4) is 0 Å². The highest BCUT2D eigenvalue weighted by Gasteiger charge is 2.13. The molecule has 0 aliphatic heterocycles. The summed E-state index contributed by atoms with van der Waals surface area (Å²) >= 11 is 5.06.